The summed E-state index contributed by atoms with van der Waals surface area (Å²) < 4.78 is 46.2. The Morgan fingerprint density at radius 1 is 0.941 bits per heavy atom. The van der Waals surface area contributed by atoms with Gasteiger partial charge in [0.05, 0.1) is 12.8 Å². The van der Waals surface area contributed by atoms with Crippen LogP contribution < -0.4 is 9.64 Å². The molecule has 0 atom stereocenters. The van der Waals surface area contributed by atoms with Gasteiger partial charge in [-0.15, -0.1) is 13.2 Å². The fraction of sp³-hybridized carbons (Fsp3) is 0.231. The number of benzene rings is 3. The lowest BCUT2D eigenvalue weighted by molar-refractivity contribution is -0.274. The summed E-state index contributed by atoms with van der Waals surface area (Å²) in [6, 6.07) is 20.4. The number of carbonyl (C=O) groups is 2. The molecule has 3 aromatic carbocycles. The molecule has 8 heteroatoms. The van der Waals surface area contributed by atoms with Gasteiger partial charge in [0, 0.05) is 12.1 Å². The molecule has 0 heterocycles. The van der Waals surface area contributed by atoms with E-state index in [1.807, 2.05) is 43.3 Å². The molecule has 0 aliphatic rings. The van der Waals surface area contributed by atoms with Gasteiger partial charge >= 0.3 is 18.2 Å². The largest absolute Gasteiger partial charge is 0.573 e. The first-order valence-electron chi connectivity index (χ1n) is 10.6. The van der Waals surface area contributed by atoms with E-state index in [-0.39, 0.29) is 12.3 Å². The van der Waals surface area contributed by atoms with E-state index < -0.39 is 18.2 Å². The summed E-state index contributed by atoms with van der Waals surface area (Å²) in [7, 11) is 1.14. The summed E-state index contributed by atoms with van der Waals surface area (Å²) >= 11 is 0. The minimum atomic E-state index is -4.79. The number of halogens is 3. The van der Waals surface area contributed by atoms with E-state index in [1.54, 1.807) is 12.1 Å². The Kier molecular flexibility index (Phi) is 7.94. The normalized spacial score (nSPS) is 11.1. The molecule has 0 aliphatic carbocycles. The van der Waals surface area contributed by atoms with E-state index >= 15 is 0 Å². The first-order valence-corrected chi connectivity index (χ1v) is 10.6. The predicted molar refractivity (Wildman–Crippen MR) is 122 cm³/mol. The molecule has 34 heavy (non-hydrogen) atoms. The first-order chi connectivity index (χ1) is 16.2. The Balaban J connectivity index is 1.94. The number of carbonyl (C=O) groups excluding carboxylic acids is 2. The fourth-order valence-corrected chi connectivity index (χ4v) is 3.57. The van der Waals surface area contributed by atoms with Crippen LogP contribution in [-0.4, -0.2) is 31.9 Å². The summed E-state index contributed by atoms with van der Waals surface area (Å²) in [4.78, 5) is 26.4. The lowest BCUT2D eigenvalue weighted by Gasteiger charge is -2.25. The number of esters is 1. The van der Waals surface area contributed by atoms with Crippen LogP contribution in [0.5, 0.6) is 5.75 Å². The van der Waals surface area contributed by atoms with Crippen LogP contribution in [0, 0.1) is 6.92 Å². The Morgan fingerprint density at radius 2 is 1.62 bits per heavy atom. The molecule has 5 nitrogen and oxygen atoms in total. The van der Waals surface area contributed by atoms with Crippen molar-refractivity contribution in [2.45, 2.75) is 26.1 Å². The summed E-state index contributed by atoms with van der Waals surface area (Å²) in [6.45, 7) is 2.10. The van der Waals surface area contributed by atoms with Crippen LogP contribution in [0.2, 0.25) is 0 Å². The Hall–Kier alpha value is -3.81. The van der Waals surface area contributed by atoms with Crippen molar-refractivity contribution in [3.63, 3.8) is 0 Å². The van der Waals surface area contributed by atoms with Gasteiger partial charge in [0.1, 0.15) is 5.75 Å². The highest BCUT2D eigenvalue weighted by Crippen LogP contribution is 2.34. The van der Waals surface area contributed by atoms with Crippen LogP contribution in [0.3, 0.4) is 0 Å². The molecule has 0 fully saturated rings. The molecule has 0 N–H and O–H groups in total. The van der Waals surface area contributed by atoms with Crippen LogP contribution >= 0.6 is 0 Å². The Bertz CT molecular complexity index is 1130. The summed E-state index contributed by atoms with van der Waals surface area (Å²) in [5.74, 6) is -2.17. The third-order valence-electron chi connectivity index (χ3n) is 5.14. The molecule has 0 aliphatic heterocycles. The number of nitrogens with zero attached hydrogens (tertiary/aromatic N) is 1. The van der Waals surface area contributed by atoms with Crippen molar-refractivity contribution >= 4 is 17.6 Å². The minimum Gasteiger partial charge on any atom is -0.462 e. The predicted octanol–water partition coefficient (Wildman–Crippen LogP) is 5.70. The van der Waals surface area contributed by atoms with Crippen molar-refractivity contribution < 1.29 is 32.2 Å². The van der Waals surface area contributed by atoms with Gasteiger partial charge in [-0.1, -0.05) is 54.1 Å². The zero-order valence-electron chi connectivity index (χ0n) is 18.8. The number of hydrogen-bond acceptors (Lipinski definition) is 4. The van der Waals surface area contributed by atoms with Gasteiger partial charge in [0.25, 0.3) is 0 Å². The maximum absolute atomic E-state index is 12.9. The number of anilines is 1. The first kappa shape index (κ1) is 24.8. The Morgan fingerprint density at radius 3 is 2.24 bits per heavy atom. The van der Waals surface area contributed by atoms with E-state index in [9.17, 15) is 22.8 Å². The van der Waals surface area contributed by atoms with Gasteiger partial charge in [0.15, 0.2) is 0 Å². The fourth-order valence-electron chi connectivity index (χ4n) is 3.57. The highest BCUT2D eigenvalue weighted by molar-refractivity contribution is 6.38. The molecule has 0 bridgehead atoms. The van der Waals surface area contributed by atoms with Crippen LogP contribution in [-0.2, 0) is 20.7 Å². The number of hydrogen-bond donors (Lipinski definition) is 0. The minimum absolute atomic E-state index is 0.244. The highest BCUT2D eigenvalue weighted by atomic mass is 19.4. The van der Waals surface area contributed by atoms with Crippen LogP contribution in [0.1, 0.15) is 17.5 Å². The third kappa shape index (κ3) is 6.60. The molecule has 0 aromatic heterocycles. The van der Waals surface area contributed by atoms with E-state index in [4.69, 9.17) is 0 Å². The standard InChI is InChI=1S/C26H24F3NO4/c1-18-10-15-23(22(17-18)20-11-13-21(14-12-20)34-26(27,28)29)30(24(31)25(32)33-2)16-6-9-19-7-4-3-5-8-19/h3-5,7-8,10-15,17H,6,9,16H2,1-2H3. The molecule has 3 rings (SSSR count). The number of alkyl halides is 3. The van der Waals surface area contributed by atoms with Gasteiger partial charge in [0.2, 0.25) is 0 Å². The molecule has 1 amide bonds. The molecule has 0 radical (unpaired) electrons. The van der Waals surface area contributed by atoms with Crippen molar-refractivity contribution in [3.8, 4) is 16.9 Å². The molecule has 0 spiro atoms. The second-order valence-electron chi connectivity index (χ2n) is 7.63. The van der Waals surface area contributed by atoms with Gasteiger partial charge in [-0.05, 0) is 55.2 Å². The molecule has 0 unspecified atom stereocenters. The van der Waals surface area contributed by atoms with Crippen LogP contribution in [0.25, 0.3) is 11.1 Å². The third-order valence-corrected chi connectivity index (χ3v) is 5.14. The number of aryl methyl sites for hydroxylation is 2. The van der Waals surface area contributed by atoms with Crippen molar-refractivity contribution in [1.29, 1.82) is 0 Å². The average Bonchev–Trinajstić information content (AvgIpc) is 2.81. The van der Waals surface area contributed by atoms with Crippen molar-refractivity contribution in [3.05, 3.63) is 83.9 Å². The monoisotopic (exact) mass is 471 g/mol. The van der Waals surface area contributed by atoms with Gasteiger partial charge in [-0.2, -0.15) is 0 Å². The number of ether oxygens (including phenoxy) is 2. The van der Waals surface area contributed by atoms with Gasteiger partial charge < -0.3 is 14.4 Å². The van der Waals surface area contributed by atoms with E-state index in [2.05, 4.69) is 9.47 Å². The topological polar surface area (TPSA) is 55.8 Å². The summed E-state index contributed by atoms with van der Waals surface area (Å²) in [5, 5.41) is 0. The smallest absolute Gasteiger partial charge is 0.462 e. The van der Waals surface area contributed by atoms with Gasteiger partial charge in [-0.3, -0.25) is 4.79 Å². The van der Waals surface area contributed by atoms with Crippen LogP contribution in [0.15, 0.2) is 72.8 Å². The molecule has 178 valence electrons. The summed E-state index contributed by atoms with van der Waals surface area (Å²) in [5.41, 5.74) is 3.59. The molecule has 0 saturated carbocycles. The highest BCUT2D eigenvalue weighted by Gasteiger charge is 2.31. The maximum Gasteiger partial charge on any atom is 0.573 e. The quantitative estimate of drug-likeness (QED) is 0.328. The lowest BCUT2D eigenvalue weighted by atomic mass is 9.99. The summed E-state index contributed by atoms with van der Waals surface area (Å²) in [6.07, 6.45) is -3.52. The van der Waals surface area contributed by atoms with Crippen molar-refractivity contribution in [1.82, 2.24) is 0 Å². The zero-order chi connectivity index (χ0) is 24.7. The second kappa shape index (κ2) is 10.9. The molecule has 0 saturated heterocycles. The number of methoxy groups -OCH3 is 1. The average molecular weight is 471 g/mol. The van der Waals surface area contributed by atoms with E-state index in [1.165, 1.54) is 29.2 Å². The number of rotatable bonds is 7. The van der Waals surface area contributed by atoms with Crippen molar-refractivity contribution in [2.75, 3.05) is 18.6 Å². The maximum atomic E-state index is 12.9. The van der Waals surface area contributed by atoms with Crippen LogP contribution in [0.4, 0.5) is 18.9 Å². The number of amides is 1. The second-order valence-corrected chi connectivity index (χ2v) is 7.63. The molecule has 3 aromatic rings. The SMILES string of the molecule is COC(=O)C(=O)N(CCCc1ccccc1)c1ccc(C)cc1-c1ccc(OC(F)(F)F)cc1. The van der Waals surface area contributed by atoms with Gasteiger partial charge in [-0.25, -0.2) is 4.79 Å². The van der Waals surface area contributed by atoms with E-state index in [0.29, 0.717) is 29.7 Å². The lowest BCUT2D eigenvalue weighted by Crippen LogP contribution is -2.38. The van der Waals surface area contributed by atoms with E-state index in [0.717, 1.165) is 18.2 Å². The van der Waals surface area contributed by atoms with Crippen molar-refractivity contribution in [2.24, 2.45) is 0 Å². The Labute approximate surface area is 195 Å². The molecular weight excluding hydrogens is 447 g/mol. The molecular formula is C26H24F3NO4. The zero-order valence-corrected chi connectivity index (χ0v) is 18.8.